The van der Waals surface area contributed by atoms with Gasteiger partial charge in [-0.05, 0) is 18.6 Å². The summed E-state index contributed by atoms with van der Waals surface area (Å²) in [6.45, 7) is -0.101. The number of carbonyl (C=O) groups is 1. The third-order valence-electron chi connectivity index (χ3n) is 2.24. The first-order chi connectivity index (χ1) is 8.88. The average molecular weight is 286 g/mol. The van der Waals surface area contributed by atoms with Crippen LogP contribution in [-0.2, 0) is 14.8 Å². The Labute approximate surface area is 109 Å². The van der Waals surface area contributed by atoms with Crippen LogP contribution in [0.25, 0.3) is 0 Å². The lowest BCUT2D eigenvalue weighted by atomic mass is 10.2. The van der Waals surface area contributed by atoms with Gasteiger partial charge in [0, 0.05) is 13.0 Å². The van der Waals surface area contributed by atoms with E-state index in [1.807, 2.05) is 0 Å². The summed E-state index contributed by atoms with van der Waals surface area (Å²) in [6.07, 6.45) is -0.0808. The highest BCUT2D eigenvalue weighted by Gasteiger charge is 2.20. The number of hydrogen-bond acceptors (Lipinski definition) is 4. The monoisotopic (exact) mass is 286 g/mol. The molecule has 0 unspecified atom stereocenters. The summed E-state index contributed by atoms with van der Waals surface area (Å²) in [4.78, 5) is 9.82. The first kappa shape index (κ1) is 15.1. The number of nitrogens with zero attached hydrogens (tertiary/aromatic N) is 1. The molecule has 0 amide bonds. The van der Waals surface area contributed by atoms with Crippen LogP contribution in [0.15, 0.2) is 23.1 Å². The van der Waals surface area contributed by atoms with Crippen LogP contribution in [0.5, 0.6) is 0 Å². The Balaban J connectivity index is 2.87. The molecule has 0 atom stereocenters. The zero-order valence-corrected chi connectivity index (χ0v) is 10.6. The molecule has 0 saturated carbocycles. The normalized spacial score (nSPS) is 10.9. The molecule has 0 aliphatic carbocycles. The minimum Gasteiger partial charge on any atom is -0.481 e. The van der Waals surface area contributed by atoms with Crippen molar-refractivity contribution in [2.75, 3.05) is 6.54 Å². The average Bonchev–Trinajstić information content (AvgIpc) is 2.34. The third kappa shape index (κ3) is 4.01. The molecule has 0 saturated heterocycles. The first-order valence-corrected chi connectivity index (χ1v) is 6.77. The van der Waals surface area contributed by atoms with Crippen LogP contribution in [0.4, 0.5) is 4.39 Å². The van der Waals surface area contributed by atoms with Crippen LogP contribution in [0.3, 0.4) is 0 Å². The maximum Gasteiger partial charge on any atom is 0.303 e. The highest BCUT2D eigenvalue weighted by atomic mass is 32.2. The molecule has 0 fully saturated rings. The van der Waals surface area contributed by atoms with Crippen LogP contribution in [0.1, 0.15) is 18.4 Å². The maximum atomic E-state index is 13.3. The molecule has 0 spiro atoms. The first-order valence-electron chi connectivity index (χ1n) is 5.28. The second kappa shape index (κ2) is 6.26. The van der Waals surface area contributed by atoms with Crippen molar-refractivity contribution in [2.24, 2.45) is 0 Å². The van der Waals surface area contributed by atoms with Gasteiger partial charge < -0.3 is 5.11 Å². The number of carboxylic acids is 1. The number of rotatable bonds is 6. The molecule has 2 N–H and O–H groups in total. The number of nitriles is 1. The molecule has 0 aliphatic rings. The molecule has 1 rings (SSSR count). The van der Waals surface area contributed by atoms with Crippen LogP contribution in [0, 0.1) is 17.1 Å². The number of halogens is 1. The van der Waals surface area contributed by atoms with Crippen molar-refractivity contribution >= 4 is 16.0 Å². The topological polar surface area (TPSA) is 107 Å². The van der Waals surface area contributed by atoms with Crippen molar-refractivity contribution < 1.29 is 22.7 Å². The van der Waals surface area contributed by atoms with E-state index in [-0.39, 0.29) is 19.4 Å². The molecule has 1 aromatic rings. The van der Waals surface area contributed by atoms with Gasteiger partial charge in [-0.25, -0.2) is 17.5 Å². The molecular formula is C11H11FN2O4S. The number of sulfonamides is 1. The molecule has 0 bridgehead atoms. The Morgan fingerprint density at radius 3 is 2.74 bits per heavy atom. The van der Waals surface area contributed by atoms with Crippen molar-refractivity contribution in [2.45, 2.75) is 17.7 Å². The van der Waals surface area contributed by atoms with Crippen molar-refractivity contribution in [3.63, 3.8) is 0 Å². The maximum absolute atomic E-state index is 13.3. The number of nitrogens with one attached hydrogen (secondary N) is 1. The van der Waals surface area contributed by atoms with Gasteiger partial charge in [0.05, 0.1) is 0 Å². The van der Waals surface area contributed by atoms with E-state index < -0.39 is 32.3 Å². The van der Waals surface area contributed by atoms with Crippen LogP contribution in [0.2, 0.25) is 0 Å². The van der Waals surface area contributed by atoms with Gasteiger partial charge in [-0.1, -0.05) is 6.07 Å². The van der Waals surface area contributed by atoms with Crippen molar-refractivity contribution in [1.82, 2.24) is 4.72 Å². The summed E-state index contributed by atoms with van der Waals surface area (Å²) in [5.41, 5.74) is -0.562. The summed E-state index contributed by atoms with van der Waals surface area (Å²) in [6, 6.07) is 4.77. The third-order valence-corrected chi connectivity index (χ3v) is 3.74. The Morgan fingerprint density at radius 1 is 1.47 bits per heavy atom. The van der Waals surface area contributed by atoms with E-state index >= 15 is 0 Å². The Morgan fingerprint density at radius 2 is 2.16 bits per heavy atom. The summed E-state index contributed by atoms with van der Waals surface area (Å²) in [5, 5.41) is 17.2. The fourth-order valence-electron chi connectivity index (χ4n) is 1.36. The minimum absolute atomic E-state index is 0.101. The Kier molecular flexibility index (Phi) is 4.97. The van der Waals surface area contributed by atoms with Crippen LogP contribution in [-0.4, -0.2) is 26.0 Å². The van der Waals surface area contributed by atoms with Gasteiger partial charge in [0.25, 0.3) is 0 Å². The molecule has 6 nitrogen and oxygen atoms in total. The van der Waals surface area contributed by atoms with Crippen molar-refractivity contribution in [1.29, 1.82) is 5.26 Å². The molecule has 102 valence electrons. The fraction of sp³-hybridized carbons (Fsp3) is 0.273. The SMILES string of the molecule is N#Cc1c(F)cccc1S(=O)(=O)NCCCC(=O)O. The molecule has 1 aromatic carbocycles. The van der Waals surface area contributed by atoms with Crippen molar-refractivity contribution in [3.8, 4) is 6.07 Å². The highest BCUT2D eigenvalue weighted by Crippen LogP contribution is 2.17. The van der Waals surface area contributed by atoms with E-state index in [2.05, 4.69) is 4.72 Å². The number of aliphatic carboxylic acids is 1. The van der Waals surface area contributed by atoms with Gasteiger partial charge >= 0.3 is 5.97 Å². The van der Waals surface area contributed by atoms with Crippen LogP contribution >= 0.6 is 0 Å². The quantitative estimate of drug-likeness (QED) is 0.753. The smallest absolute Gasteiger partial charge is 0.303 e. The standard InChI is InChI=1S/C11H11FN2O4S/c12-9-3-1-4-10(8(9)7-13)19(17,18)14-6-2-5-11(15)16/h1,3-4,14H,2,5-6H2,(H,15,16). The van der Waals surface area contributed by atoms with Gasteiger partial charge in [0.2, 0.25) is 10.0 Å². The predicted octanol–water partition coefficient (Wildman–Crippen LogP) is 0.840. The zero-order chi connectivity index (χ0) is 14.5. The van der Waals surface area contributed by atoms with E-state index in [4.69, 9.17) is 10.4 Å². The summed E-state index contributed by atoms with van der Waals surface area (Å²) >= 11 is 0. The second-order valence-corrected chi connectivity index (χ2v) is 5.36. The molecule has 0 heterocycles. The van der Waals surface area contributed by atoms with E-state index in [1.54, 1.807) is 0 Å². The lowest BCUT2D eigenvalue weighted by molar-refractivity contribution is -0.137. The van der Waals surface area contributed by atoms with Crippen molar-refractivity contribution in [3.05, 3.63) is 29.6 Å². The molecule has 19 heavy (non-hydrogen) atoms. The van der Waals surface area contributed by atoms with Gasteiger partial charge in [-0.15, -0.1) is 0 Å². The second-order valence-electron chi connectivity index (χ2n) is 3.62. The largest absolute Gasteiger partial charge is 0.481 e. The number of carboxylic acid groups (broad SMARTS) is 1. The number of hydrogen-bond donors (Lipinski definition) is 2. The van der Waals surface area contributed by atoms with Gasteiger partial charge in [0.15, 0.2) is 0 Å². The lowest BCUT2D eigenvalue weighted by Crippen LogP contribution is -2.26. The fourth-order valence-corrected chi connectivity index (χ4v) is 2.60. The highest BCUT2D eigenvalue weighted by molar-refractivity contribution is 7.89. The van der Waals surface area contributed by atoms with Gasteiger partial charge in [0.1, 0.15) is 22.3 Å². The molecular weight excluding hydrogens is 275 g/mol. The van der Waals surface area contributed by atoms with Gasteiger partial charge in [-0.3, -0.25) is 4.79 Å². The molecule has 8 heteroatoms. The zero-order valence-electron chi connectivity index (χ0n) is 9.76. The number of benzene rings is 1. The summed E-state index contributed by atoms with van der Waals surface area (Å²) in [7, 11) is -4.03. The lowest BCUT2D eigenvalue weighted by Gasteiger charge is -2.07. The molecule has 0 aromatic heterocycles. The van der Waals surface area contributed by atoms with E-state index in [0.29, 0.717) is 0 Å². The summed E-state index contributed by atoms with van der Waals surface area (Å²) in [5.74, 6) is -1.96. The summed E-state index contributed by atoms with van der Waals surface area (Å²) < 4.78 is 39.1. The van der Waals surface area contributed by atoms with E-state index in [0.717, 1.165) is 12.1 Å². The molecule has 0 radical (unpaired) electrons. The van der Waals surface area contributed by atoms with Crippen LogP contribution < -0.4 is 4.72 Å². The predicted molar refractivity (Wildman–Crippen MR) is 63.2 cm³/mol. The minimum atomic E-state index is -4.03. The Hall–Kier alpha value is -1.98. The Bertz CT molecular complexity index is 622. The van der Waals surface area contributed by atoms with E-state index in [9.17, 15) is 17.6 Å². The molecule has 0 aliphatic heterocycles. The van der Waals surface area contributed by atoms with Gasteiger partial charge in [-0.2, -0.15) is 5.26 Å². The van der Waals surface area contributed by atoms with E-state index in [1.165, 1.54) is 12.1 Å².